The minimum Gasteiger partial charge on any atom is -0.316 e. The topological polar surface area (TPSA) is 18.5 Å². The smallest absolute Gasteiger partial charge is 0.0198 e. The second-order valence-electron chi connectivity index (χ2n) is 5.71. The molecule has 4 aliphatic heterocycles. The predicted molar refractivity (Wildman–Crippen MR) is 61.9 cm³/mol. The number of rotatable bonds is 2. The van der Waals surface area contributed by atoms with Crippen LogP contribution in [0.25, 0.3) is 0 Å². The average molecular weight is 209 g/mol. The number of hydrogen-bond donors (Lipinski definition) is 1. The van der Waals surface area contributed by atoms with E-state index >= 15 is 0 Å². The maximum atomic E-state index is 3.61. The Hall–Kier alpha value is -0.120. The second-order valence-corrected chi connectivity index (χ2v) is 5.71. The van der Waals surface area contributed by atoms with E-state index in [4.69, 9.17) is 0 Å². The lowest BCUT2D eigenvalue weighted by atomic mass is 9.66. The van der Waals surface area contributed by atoms with E-state index in [1.54, 1.807) is 0 Å². The first kappa shape index (κ1) is 10.1. The zero-order valence-electron chi connectivity index (χ0n) is 10.00. The molecule has 15 heavy (non-hydrogen) atoms. The van der Waals surface area contributed by atoms with E-state index in [-0.39, 0.29) is 0 Å². The van der Waals surface area contributed by atoms with Crippen molar-refractivity contribution < 1.29 is 0 Å². The summed E-state index contributed by atoms with van der Waals surface area (Å²) in [6, 6.07) is 0.757. The molecule has 0 radical (unpaired) electrons. The van der Waals surface area contributed by atoms with E-state index in [0.717, 1.165) is 12.0 Å². The molecule has 3 unspecified atom stereocenters. The summed E-state index contributed by atoms with van der Waals surface area (Å²) >= 11 is 0. The van der Waals surface area contributed by atoms with Crippen molar-refractivity contribution in [3.63, 3.8) is 0 Å². The largest absolute Gasteiger partial charge is 0.316 e. The molecular formula is C12H23N3. The predicted octanol–water partition coefficient (Wildman–Crippen LogP) is 0.232. The lowest BCUT2D eigenvalue weighted by Gasteiger charge is -2.55. The van der Waals surface area contributed by atoms with Crippen LogP contribution >= 0.6 is 0 Å². The van der Waals surface area contributed by atoms with Crippen molar-refractivity contribution in [2.75, 3.05) is 46.3 Å². The summed E-state index contributed by atoms with van der Waals surface area (Å²) in [5, 5.41) is 3.61. The molecule has 0 aromatic carbocycles. The summed E-state index contributed by atoms with van der Waals surface area (Å²) in [5.74, 6) is 0.861. The molecule has 86 valence electrons. The highest BCUT2D eigenvalue weighted by Crippen LogP contribution is 2.42. The molecule has 3 heteroatoms. The van der Waals surface area contributed by atoms with Crippen LogP contribution in [0.4, 0.5) is 0 Å². The Labute approximate surface area is 92.8 Å². The molecule has 0 saturated carbocycles. The molecule has 0 aromatic heterocycles. The van der Waals surface area contributed by atoms with Gasteiger partial charge in [-0.15, -0.1) is 0 Å². The molecule has 0 spiro atoms. The Morgan fingerprint density at radius 3 is 2.27 bits per heavy atom. The van der Waals surface area contributed by atoms with Gasteiger partial charge in [-0.1, -0.05) is 6.92 Å². The number of nitrogens with zero attached hydrogens (tertiary/aromatic N) is 2. The first-order valence-electron chi connectivity index (χ1n) is 6.39. The van der Waals surface area contributed by atoms with Crippen LogP contribution in [-0.4, -0.2) is 62.2 Å². The van der Waals surface area contributed by atoms with Gasteiger partial charge in [0, 0.05) is 56.6 Å². The molecule has 0 amide bonds. The molecule has 4 saturated heterocycles. The van der Waals surface area contributed by atoms with Crippen molar-refractivity contribution in [1.82, 2.24) is 15.1 Å². The zero-order valence-corrected chi connectivity index (χ0v) is 10.00. The second kappa shape index (κ2) is 3.44. The van der Waals surface area contributed by atoms with Gasteiger partial charge in [0.05, 0.1) is 0 Å². The molecule has 3 nitrogen and oxygen atoms in total. The zero-order chi connectivity index (χ0) is 10.5. The van der Waals surface area contributed by atoms with Crippen molar-refractivity contribution in [1.29, 1.82) is 0 Å². The van der Waals surface area contributed by atoms with Crippen molar-refractivity contribution >= 4 is 0 Å². The highest BCUT2D eigenvalue weighted by molar-refractivity contribution is 5.08. The summed E-state index contributed by atoms with van der Waals surface area (Å²) in [6.07, 6.45) is 1.32. The van der Waals surface area contributed by atoms with Crippen molar-refractivity contribution in [2.24, 2.45) is 11.3 Å². The van der Waals surface area contributed by atoms with E-state index in [1.165, 1.54) is 45.7 Å². The minimum absolute atomic E-state index is 0.534. The summed E-state index contributed by atoms with van der Waals surface area (Å²) in [4.78, 5) is 5.41. The number of piperidine rings is 2. The number of hydrogen-bond acceptors (Lipinski definition) is 3. The Bertz CT molecular complexity index is 237. The Morgan fingerprint density at radius 1 is 1.20 bits per heavy atom. The minimum atomic E-state index is 0.534. The standard InChI is InChI=1S/C12H23N3/c1-3-12-8-14-4-5-15(9-12)7-10(6-14)11(12)13-2/h10-11,13H,3-9H2,1-2H3. The van der Waals surface area contributed by atoms with Gasteiger partial charge in [0.15, 0.2) is 0 Å². The lowest BCUT2D eigenvalue weighted by molar-refractivity contribution is -0.0316. The summed E-state index contributed by atoms with van der Waals surface area (Å²) in [6.45, 7) is 10.3. The maximum Gasteiger partial charge on any atom is 0.0198 e. The summed E-state index contributed by atoms with van der Waals surface area (Å²) < 4.78 is 0. The van der Waals surface area contributed by atoms with E-state index < -0.39 is 0 Å². The van der Waals surface area contributed by atoms with Crippen LogP contribution in [0.1, 0.15) is 13.3 Å². The molecule has 4 aliphatic rings. The van der Waals surface area contributed by atoms with Gasteiger partial charge in [0.2, 0.25) is 0 Å². The third kappa shape index (κ3) is 1.37. The van der Waals surface area contributed by atoms with Crippen molar-refractivity contribution in [2.45, 2.75) is 19.4 Å². The third-order valence-electron chi connectivity index (χ3n) is 4.94. The highest BCUT2D eigenvalue weighted by Gasteiger charge is 2.52. The van der Waals surface area contributed by atoms with Gasteiger partial charge in [-0.2, -0.15) is 0 Å². The lowest BCUT2D eigenvalue weighted by Crippen LogP contribution is -2.67. The fourth-order valence-electron chi connectivity index (χ4n) is 4.31. The molecule has 1 N–H and O–H groups in total. The van der Waals surface area contributed by atoms with Gasteiger partial charge in [-0.3, -0.25) is 0 Å². The van der Waals surface area contributed by atoms with Crippen LogP contribution in [0, 0.1) is 11.3 Å². The van der Waals surface area contributed by atoms with Gasteiger partial charge in [0.1, 0.15) is 0 Å². The fraction of sp³-hybridized carbons (Fsp3) is 1.00. The molecule has 4 rings (SSSR count). The first-order valence-corrected chi connectivity index (χ1v) is 6.39. The molecular weight excluding hydrogens is 186 g/mol. The molecule has 3 atom stereocenters. The molecule has 4 bridgehead atoms. The van der Waals surface area contributed by atoms with Crippen LogP contribution in [0.2, 0.25) is 0 Å². The van der Waals surface area contributed by atoms with Gasteiger partial charge >= 0.3 is 0 Å². The van der Waals surface area contributed by atoms with Crippen LogP contribution in [0.3, 0.4) is 0 Å². The van der Waals surface area contributed by atoms with Gasteiger partial charge in [-0.05, 0) is 13.5 Å². The van der Waals surface area contributed by atoms with Crippen LogP contribution in [-0.2, 0) is 0 Å². The Balaban J connectivity index is 1.96. The van der Waals surface area contributed by atoms with Crippen LogP contribution < -0.4 is 5.32 Å². The quantitative estimate of drug-likeness (QED) is 0.702. The van der Waals surface area contributed by atoms with Crippen molar-refractivity contribution in [3.8, 4) is 0 Å². The van der Waals surface area contributed by atoms with E-state index in [1.807, 2.05) is 0 Å². The van der Waals surface area contributed by atoms with E-state index in [9.17, 15) is 0 Å². The number of nitrogens with one attached hydrogen (secondary N) is 1. The monoisotopic (exact) mass is 209 g/mol. The van der Waals surface area contributed by atoms with E-state index in [0.29, 0.717) is 5.41 Å². The van der Waals surface area contributed by atoms with Crippen LogP contribution in [0.15, 0.2) is 0 Å². The Kier molecular flexibility index (Phi) is 2.31. The fourth-order valence-corrected chi connectivity index (χ4v) is 4.31. The van der Waals surface area contributed by atoms with Gasteiger partial charge in [0.25, 0.3) is 0 Å². The van der Waals surface area contributed by atoms with E-state index in [2.05, 4.69) is 29.1 Å². The average Bonchev–Trinajstić information content (AvgIpc) is 2.47. The highest BCUT2D eigenvalue weighted by atomic mass is 15.3. The normalized spacial score (nSPS) is 53.2. The molecule has 0 aliphatic carbocycles. The van der Waals surface area contributed by atoms with Gasteiger partial charge < -0.3 is 15.1 Å². The maximum absolute atomic E-state index is 3.61. The van der Waals surface area contributed by atoms with Crippen LogP contribution in [0.5, 0.6) is 0 Å². The Morgan fingerprint density at radius 2 is 1.80 bits per heavy atom. The SMILES string of the molecule is CCC12CN3CCN(CC(C3)C1NC)C2. The molecule has 4 heterocycles. The third-order valence-corrected chi connectivity index (χ3v) is 4.94. The first-order chi connectivity index (χ1) is 7.27. The summed E-state index contributed by atoms with van der Waals surface area (Å²) in [5.41, 5.74) is 0.534. The summed E-state index contributed by atoms with van der Waals surface area (Å²) in [7, 11) is 2.16. The molecule has 0 aromatic rings. The molecule has 4 fully saturated rings. The number of fused-ring (bicyclic) bond motifs is 1. The van der Waals surface area contributed by atoms with Gasteiger partial charge in [-0.25, -0.2) is 0 Å². The van der Waals surface area contributed by atoms with Crippen molar-refractivity contribution in [3.05, 3.63) is 0 Å².